The number of aromatic nitrogens is 1. The van der Waals surface area contributed by atoms with Crippen molar-refractivity contribution < 1.29 is 40.7 Å². The fourth-order valence-corrected chi connectivity index (χ4v) is 5.22. The first-order valence-electron chi connectivity index (χ1n) is 15.7. The molecule has 266 valence electrons. The molecule has 0 atom stereocenters. The summed E-state index contributed by atoms with van der Waals surface area (Å²) in [6.45, 7) is 10.8. The van der Waals surface area contributed by atoms with Gasteiger partial charge in [-0.1, -0.05) is 36.8 Å². The van der Waals surface area contributed by atoms with E-state index in [4.69, 9.17) is 14.3 Å². The molecule has 1 aliphatic rings. The fourth-order valence-electron chi connectivity index (χ4n) is 5.22. The van der Waals surface area contributed by atoms with E-state index in [1.165, 1.54) is 23.4 Å². The van der Waals surface area contributed by atoms with Gasteiger partial charge in [-0.15, -0.1) is 0 Å². The molecule has 0 spiro atoms. The van der Waals surface area contributed by atoms with Crippen molar-refractivity contribution in [1.29, 1.82) is 0 Å². The van der Waals surface area contributed by atoms with E-state index in [1.54, 1.807) is 18.3 Å². The second-order valence-corrected chi connectivity index (χ2v) is 11.5. The van der Waals surface area contributed by atoms with Gasteiger partial charge in [0.05, 0.1) is 17.9 Å². The number of ether oxygens (including phenoxy) is 1. The van der Waals surface area contributed by atoms with E-state index in [-0.39, 0.29) is 13.0 Å². The summed E-state index contributed by atoms with van der Waals surface area (Å²) in [5, 5.41) is 3.65. The summed E-state index contributed by atoms with van der Waals surface area (Å²) < 4.78 is 76.0. The molecule has 12 heteroatoms. The number of alkyl halides is 6. The lowest BCUT2D eigenvalue weighted by Crippen LogP contribution is -2.31. The zero-order valence-corrected chi connectivity index (χ0v) is 27.9. The molecule has 1 aromatic heterocycles. The minimum absolute atomic E-state index is 0.188. The molecule has 48 heavy (non-hydrogen) atoms. The number of anilines is 1. The van der Waals surface area contributed by atoms with Crippen molar-refractivity contribution in [2.75, 3.05) is 18.4 Å². The number of rotatable bonds is 12. The lowest BCUT2D eigenvalue weighted by atomic mass is 9.92. The summed E-state index contributed by atoms with van der Waals surface area (Å²) in [4.78, 5) is 22.7. The van der Waals surface area contributed by atoms with Gasteiger partial charge in [-0.3, -0.25) is 9.88 Å². The van der Waals surface area contributed by atoms with Crippen molar-refractivity contribution in [3.63, 3.8) is 0 Å². The summed E-state index contributed by atoms with van der Waals surface area (Å²) in [5.74, 6) is 0.831. The molecule has 0 bridgehead atoms. The molecular formula is C36H47F6N3O3. The highest BCUT2D eigenvalue weighted by Gasteiger charge is 2.30. The van der Waals surface area contributed by atoms with Crippen LogP contribution in [0.5, 0.6) is 5.75 Å². The number of hydrogen-bond acceptors (Lipinski definition) is 6. The van der Waals surface area contributed by atoms with E-state index in [0.29, 0.717) is 12.6 Å². The van der Waals surface area contributed by atoms with Gasteiger partial charge in [0, 0.05) is 31.4 Å². The Morgan fingerprint density at radius 1 is 0.854 bits per heavy atom. The zero-order valence-electron chi connectivity index (χ0n) is 27.9. The van der Waals surface area contributed by atoms with Crippen molar-refractivity contribution in [1.82, 2.24) is 9.88 Å². The van der Waals surface area contributed by atoms with Crippen molar-refractivity contribution in [2.45, 2.75) is 96.8 Å². The van der Waals surface area contributed by atoms with Crippen LogP contribution in [0.3, 0.4) is 0 Å². The monoisotopic (exact) mass is 683 g/mol. The molecule has 1 N–H and O–H groups in total. The Labute approximate surface area is 279 Å². The van der Waals surface area contributed by atoms with E-state index in [0.717, 1.165) is 74.9 Å². The highest BCUT2D eigenvalue weighted by Crippen LogP contribution is 2.29. The summed E-state index contributed by atoms with van der Waals surface area (Å²) in [6, 6.07) is 16.7. The maximum absolute atomic E-state index is 12.9. The Morgan fingerprint density at radius 2 is 1.44 bits per heavy atom. The molecule has 0 amide bonds. The summed E-state index contributed by atoms with van der Waals surface area (Å²) in [6.07, 6.45) is 2.63. The van der Waals surface area contributed by atoms with Crippen molar-refractivity contribution in [2.24, 2.45) is 0 Å². The van der Waals surface area contributed by atoms with Crippen LogP contribution in [0.4, 0.5) is 32.0 Å². The van der Waals surface area contributed by atoms with Gasteiger partial charge in [0.2, 0.25) is 0 Å². The first-order valence-corrected chi connectivity index (χ1v) is 15.7. The molecule has 0 unspecified atom stereocenters. The summed E-state index contributed by atoms with van der Waals surface area (Å²) >= 11 is 0. The number of carbonyl (C=O) groups excluding carboxylic acids is 2. The molecule has 1 aliphatic carbocycles. The van der Waals surface area contributed by atoms with Crippen LogP contribution < -0.4 is 10.1 Å². The maximum Gasteiger partial charge on any atom is 0.416 e. The molecule has 6 nitrogen and oxygen atoms in total. The number of aryl methyl sites for hydroxylation is 2. The van der Waals surface area contributed by atoms with Gasteiger partial charge in [-0.25, -0.2) is 0 Å². The molecule has 0 radical (unpaired) electrons. The fraction of sp³-hybridized carbons (Fsp3) is 0.472. The summed E-state index contributed by atoms with van der Waals surface area (Å²) in [7, 11) is 0. The predicted octanol–water partition coefficient (Wildman–Crippen LogP) is 9.25. The van der Waals surface area contributed by atoms with Gasteiger partial charge in [-0.2, -0.15) is 26.3 Å². The third-order valence-corrected chi connectivity index (χ3v) is 7.34. The molecule has 0 saturated heterocycles. The normalized spacial score (nSPS) is 15.9. The molecular weight excluding hydrogens is 636 g/mol. The average molecular weight is 684 g/mol. The maximum atomic E-state index is 12.9. The first-order chi connectivity index (χ1) is 22.8. The third kappa shape index (κ3) is 17.8. The molecule has 2 aromatic carbocycles. The van der Waals surface area contributed by atoms with Crippen molar-refractivity contribution in [3.05, 3.63) is 89.2 Å². The van der Waals surface area contributed by atoms with Crippen molar-refractivity contribution >= 4 is 19.3 Å². The quantitative estimate of drug-likeness (QED) is 0.192. The van der Waals surface area contributed by atoms with Gasteiger partial charge in [0.1, 0.15) is 19.3 Å². The van der Waals surface area contributed by atoms with Crippen LogP contribution in [-0.2, 0) is 28.7 Å². The second-order valence-electron chi connectivity index (χ2n) is 11.5. The SMILES string of the molecule is C=O.C=O.CC(F)(F)F.CCCN(CCCc1cncc(OC2CCC(Nc3ccc(C)cc3)CC2)c1)Cc1ccc(C(F)(F)F)cc1. The van der Waals surface area contributed by atoms with E-state index < -0.39 is 17.9 Å². The first kappa shape index (κ1) is 42.1. The van der Waals surface area contributed by atoms with Gasteiger partial charge >= 0.3 is 12.4 Å². The minimum atomic E-state index is -4.30. The topological polar surface area (TPSA) is 71.5 Å². The molecule has 1 heterocycles. The smallest absolute Gasteiger partial charge is 0.416 e. The van der Waals surface area contributed by atoms with Gasteiger partial charge in [-0.05, 0) is 106 Å². The zero-order chi connectivity index (χ0) is 36.2. The molecule has 1 fully saturated rings. The minimum Gasteiger partial charge on any atom is -0.489 e. The van der Waals surface area contributed by atoms with Crippen LogP contribution in [0.1, 0.15) is 74.6 Å². The van der Waals surface area contributed by atoms with E-state index in [9.17, 15) is 26.3 Å². The van der Waals surface area contributed by atoms with Crippen LogP contribution in [0.2, 0.25) is 0 Å². The van der Waals surface area contributed by atoms with Crippen LogP contribution in [-0.4, -0.2) is 54.9 Å². The number of benzene rings is 2. The van der Waals surface area contributed by atoms with Crippen molar-refractivity contribution in [3.8, 4) is 5.75 Å². The summed E-state index contributed by atoms with van der Waals surface area (Å²) in [5.41, 5.74) is 3.89. The Morgan fingerprint density at radius 3 is 1.98 bits per heavy atom. The van der Waals surface area contributed by atoms with Crippen LogP contribution in [0.25, 0.3) is 0 Å². The van der Waals surface area contributed by atoms with E-state index in [2.05, 4.69) is 59.4 Å². The van der Waals surface area contributed by atoms with Crippen LogP contribution in [0.15, 0.2) is 67.0 Å². The highest BCUT2D eigenvalue weighted by atomic mass is 19.4. The predicted molar refractivity (Wildman–Crippen MR) is 177 cm³/mol. The largest absolute Gasteiger partial charge is 0.489 e. The Bertz CT molecular complexity index is 1270. The number of pyridine rings is 1. The lowest BCUT2D eigenvalue weighted by Gasteiger charge is -2.30. The molecule has 3 aromatic rings. The lowest BCUT2D eigenvalue weighted by molar-refractivity contribution is -0.137. The van der Waals surface area contributed by atoms with Gasteiger partial charge in [0.25, 0.3) is 0 Å². The number of halogens is 6. The Kier molecular flexibility index (Phi) is 19.2. The van der Waals surface area contributed by atoms with Crippen LogP contribution >= 0.6 is 0 Å². The van der Waals surface area contributed by atoms with Gasteiger partial charge < -0.3 is 19.6 Å². The average Bonchev–Trinajstić information content (AvgIpc) is 3.04. The number of nitrogens with zero attached hydrogens (tertiary/aromatic N) is 2. The third-order valence-electron chi connectivity index (χ3n) is 7.34. The Hall–Kier alpha value is -3.93. The van der Waals surface area contributed by atoms with E-state index >= 15 is 0 Å². The number of carbonyl (C=O) groups is 2. The van der Waals surface area contributed by atoms with Gasteiger partial charge in [0.15, 0.2) is 0 Å². The molecule has 1 saturated carbocycles. The Balaban J connectivity index is 0.00000115. The van der Waals surface area contributed by atoms with Crippen LogP contribution in [0, 0.1) is 6.92 Å². The number of hydrogen-bond donors (Lipinski definition) is 1. The highest BCUT2D eigenvalue weighted by molar-refractivity contribution is 5.45. The van der Waals surface area contributed by atoms with E-state index in [1.807, 2.05) is 19.8 Å². The standard InChI is InChI=1S/C32H40F3N3O.C2H3F3.2CH2O/c1-3-18-38(23-25-8-10-27(11-9-25)32(33,34)35)19-4-5-26-20-31(22-36-21-26)39-30-16-14-29(15-17-30)37-28-12-6-24(2)7-13-28;1-2(3,4)5;2*1-2/h6-13,20-22,29-30,37H,3-5,14-19,23H2,1-2H3;1H3;2*1H2. The molecule has 0 aliphatic heterocycles. The second kappa shape index (κ2) is 21.8. The molecule has 4 rings (SSSR count). The number of nitrogens with one attached hydrogen (secondary N) is 1.